The third-order valence-corrected chi connectivity index (χ3v) is 16.3. The molecule has 0 saturated heterocycles. The Morgan fingerprint density at radius 1 is 0.258 bits per heavy atom. The third kappa shape index (κ3) is 5.47. The first-order valence-corrected chi connectivity index (χ1v) is 24.5. The first kappa shape index (κ1) is 37.4. The molecule has 66 heavy (non-hydrogen) atoms. The van der Waals surface area contributed by atoms with Crippen LogP contribution in [0.1, 0.15) is 0 Å². The molecule has 2 heteroatoms. The van der Waals surface area contributed by atoms with Gasteiger partial charge in [0.25, 0.3) is 0 Å². The quantitative estimate of drug-likeness (QED) is 0.120. The molecule has 0 aliphatic carbocycles. The first-order valence-electron chi connectivity index (χ1n) is 22.8. The molecule has 0 spiro atoms. The predicted molar refractivity (Wildman–Crippen MR) is 285 cm³/mol. The number of benzene rings is 12. The Bertz CT molecular complexity index is 4160. The average Bonchev–Trinajstić information content (AvgIpc) is 3.94. The van der Waals surface area contributed by atoms with Crippen LogP contribution >= 0.6 is 0 Å². The maximum atomic E-state index is 2.44. The van der Waals surface area contributed by atoms with Gasteiger partial charge in [-0.2, -0.15) is 0 Å². The second-order valence-electron chi connectivity index (χ2n) is 17.4. The fraction of sp³-hybridized carbons (Fsp3) is 0. The van der Waals surface area contributed by atoms with Crippen molar-refractivity contribution in [2.45, 2.75) is 0 Å². The van der Waals surface area contributed by atoms with Gasteiger partial charge in [0.15, 0.2) is 0 Å². The molecule has 2 aromatic heterocycles. The van der Waals surface area contributed by atoms with Crippen molar-refractivity contribution in [1.82, 2.24) is 4.57 Å². The number of fused-ring (bicyclic) bond motifs is 10. The van der Waals surface area contributed by atoms with Crippen LogP contribution in [0.2, 0.25) is 0 Å². The molecule has 1 nitrogen and oxygen atoms in total. The van der Waals surface area contributed by atoms with E-state index in [2.05, 4.69) is 241 Å². The molecular formula is C64H39NSe. The number of aromatic nitrogens is 1. The van der Waals surface area contributed by atoms with Gasteiger partial charge in [-0.1, -0.05) is 30.3 Å². The van der Waals surface area contributed by atoms with E-state index in [0.717, 1.165) is 0 Å². The number of hydrogen-bond acceptors (Lipinski definition) is 0. The second kappa shape index (κ2) is 14.8. The van der Waals surface area contributed by atoms with E-state index in [1.54, 1.807) is 0 Å². The summed E-state index contributed by atoms with van der Waals surface area (Å²) in [6, 6.07) is 88.2. The SMILES string of the molecule is c1ccc(-c2c3ccccc3c(-c3cccc4[se]c5cccc(-c6c7ccccc7c(-c7ccc8c(c7)c7ccccc7n8-c7ccccc7)c7ccccc67)c5c34)c3ccccc23)cc1. The Kier molecular flexibility index (Phi) is 8.37. The van der Waals surface area contributed by atoms with Crippen LogP contribution in [0.4, 0.5) is 0 Å². The predicted octanol–water partition coefficient (Wildman–Crippen LogP) is 17.4. The van der Waals surface area contributed by atoms with Crippen molar-refractivity contribution in [3.63, 3.8) is 0 Å². The summed E-state index contributed by atoms with van der Waals surface area (Å²) >= 11 is 0.145. The molecule has 0 N–H and O–H groups in total. The van der Waals surface area contributed by atoms with Gasteiger partial charge in [0, 0.05) is 5.69 Å². The number of para-hydroxylation sites is 2. The minimum atomic E-state index is 0.145. The Morgan fingerprint density at radius 3 is 1.15 bits per heavy atom. The average molecular weight is 901 g/mol. The van der Waals surface area contributed by atoms with E-state index in [0.29, 0.717) is 0 Å². The zero-order valence-corrected chi connectivity index (χ0v) is 37.6. The van der Waals surface area contributed by atoms with Crippen molar-refractivity contribution in [2.24, 2.45) is 0 Å². The number of hydrogen-bond donors (Lipinski definition) is 0. The summed E-state index contributed by atoms with van der Waals surface area (Å²) in [4.78, 5) is 0. The van der Waals surface area contributed by atoms with E-state index in [4.69, 9.17) is 0 Å². The van der Waals surface area contributed by atoms with Crippen molar-refractivity contribution in [3.8, 4) is 50.2 Å². The summed E-state index contributed by atoms with van der Waals surface area (Å²) in [7, 11) is 0. The summed E-state index contributed by atoms with van der Waals surface area (Å²) in [5.74, 6) is 0. The molecular weight excluding hydrogens is 862 g/mol. The van der Waals surface area contributed by atoms with Crippen molar-refractivity contribution in [2.75, 3.05) is 0 Å². The first-order chi connectivity index (χ1) is 32.8. The Labute approximate surface area is 387 Å². The van der Waals surface area contributed by atoms with Gasteiger partial charge in [0.05, 0.1) is 0 Å². The van der Waals surface area contributed by atoms with Crippen LogP contribution in [0, 0.1) is 0 Å². The Morgan fingerprint density at radius 2 is 0.652 bits per heavy atom. The molecule has 0 bridgehead atoms. The fourth-order valence-corrected chi connectivity index (χ4v) is 13.8. The van der Waals surface area contributed by atoms with Crippen molar-refractivity contribution in [3.05, 3.63) is 237 Å². The van der Waals surface area contributed by atoms with E-state index in [1.165, 1.54) is 134 Å². The van der Waals surface area contributed by atoms with E-state index in [1.807, 2.05) is 0 Å². The monoisotopic (exact) mass is 901 g/mol. The fourth-order valence-electron chi connectivity index (χ4n) is 11.3. The van der Waals surface area contributed by atoms with E-state index in [-0.39, 0.29) is 14.5 Å². The normalized spacial score (nSPS) is 11.9. The van der Waals surface area contributed by atoms with Crippen LogP contribution < -0.4 is 0 Å². The standard InChI is InChI=1S/C64H39NSe/c1-3-19-40(20-4-1)59-44-24-7-11-28-48(44)61(49-29-12-8-25-45(49)59)52-32-17-35-57-63(52)64-53(33-18-36-58(64)66-57)62-50-30-13-9-26-46(50)60(47-27-10-14-31-51(47)62)41-37-38-56-54(39-41)43-23-15-16-34-55(43)65(56)42-21-5-2-6-22-42/h1-39H. The van der Waals surface area contributed by atoms with Crippen LogP contribution in [-0.2, 0) is 0 Å². The van der Waals surface area contributed by atoms with Crippen LogP contribution in [-0.4, -0.2) is 19.1 Å². The molecule has 0 atom stereocenters. The van der Waals surface area contributed by atoms with Crippen LogP contribution in [0.15, 0.2) is 237 Å². The molecule has 0 radical (unpaired) electrons. The molecule has 0 amide bonds. The van der Waals surface area contributed by atoms with Gasteiger partial charge in [-0.15, -0.1) is 0 Å². The maximum absolute atomic E-state index is 2.44. The molecule has 0 unspecified atom stereocenters. The molecule has 0 aliphatic rings. The third-order valence-electron chi connectivity index (χ3n) is 14.0. The van der Waals surface area contributed by atoms with Crippen LogP contribution in [0.25, 0.3) is 134 Å². The van der Waals surface area contributed by atoms with E-state index in [9.17, 15) is 0 Å². The molecule has 14 aromatic rings. The molecule has 14 rings (SSSR count). The molecule has 306 valence electrons. The minimum absolute atomic E-state index is 0.145. The van der Waals surface area contributed by atoms with E-state index >= 15 is 0 Å². The Hall–Kier alpha value is -8.00. The topological polar surface area (TPSA) is 4.93 Å². The molecule has 0 aliphatic heterocycles. The van der Waals surface area contributed by atoms with Gasteiger partial charge in [-0.05, 0) is 18.2 Å². The van der Waals surface area contributed by atoms with Crippen LogP contribution in [0.3, 0.4) is 0 Å². The van der Waals surface area contributed by atoms with Crippen LogP contribution in [0.5, 0.6) is 0 Å². The summed E-state index contributed by atoms with van der Waals surface area (Å²) in [5.41, 5.74) is 13.9. The molecule has 2 heterocycles. The zero-order chi connectivity index (χ0) is 43.3. The number of rotatable bonds is 5. The molecule has 0 fully saturated rings. The summed E-state index contributed by atoms with van der Waals surface area (Å²) < 4.78 is 5.28. The van der Waals surface area contributed by atoms with Gasteiger partial charge in [0.1, 0.15) is 0 Å². The van der Waals surface area contributed by atoms with Gasteiger partial charge in [0.2, 0.25) is 0 Å². The van der Waals surface area contributed by atoms with Crippen molar-refractivity contribution in [1.29, 1.82) is 0 Å². The number of nitrogens with zero attached hydrogens (tertiary/aromatic N) is 1. The Balaban J connectivity index is 1.06. The van der Waals surface area contributed by atoms with Crippen molar-refractivity contribution < 1.29 is 0 Å². The molecule has 12 aromatic carbocycles. The molecule has 0 saturated carbocycles. The van der Waals surface area contributed by atoms with Gasteiger partial charge >= 0.3 is 336 Å². The zero-order valence-electron chi connectivity index (χ0n) is 35.9. The summed E-state index contributed by atoms with van der Waals surface area (Å²) in [6.45, 7) is 0. The van der Waals surface area contributed by atoms with Crippen molar-refractivity contribution >= 4 is 98.7 Å². The summed E-state index contributed by atoms with van der Waals surface area (Å²) in [6.07, 6.45) is 0. The van der Waals surface area contributed by atoms with Gasteiger partial charge in [-0.25, -0.2) is 0 Å². The van der Waals surface area contributed by atoms with E-state index < -0.39 is 0 Å². The second-order valence-corrected chi connectivity index (χ2v) is 19.7. The summed E-state index contributed by atoms with van der Waals surface area (Å²) in [5, 5.41) is 15.5. The van der Waals surface area contributed by atoms with Gasteiger partial charge < -0.3 is 0 Å². The van der Waals surface area contributed by atoms with Gasteiger partial charge in [-0.3, -0.25) is 0 Å².